The Morgan fingerprint density at radius 3 is 2.48 bits per heavy atom. The molecule has 3 N–H and O–H groups in total. The average molecular weight is 348 g/mol. The van der Waals surface area contributed by atoms with E-state index in [2.05, 4.69) is 26.5 Å². The van der Waals surface area contributed by atoms with E-state index < -0.39 is 6.03 Å². The number of ether oxygens (including phenoxy) is 1. The normalized spacial score (nSPS) is 10.5. The first-order valence-electron chi connectivity index (χ1n) is 6.19. The first-order chi connectivity index (χ1) is 10.1. The van der Waals surface area contributed by atoms with Crippen LogP contribution in [-0.2, 0) is 6.61 Å². The fourth-order valence-corrected chi connectivity index (χ4v) is 1.83. The van der Waals surface area contributed by atoms with Crippen molar-refractivity contribution < 1.29 is 9.53 Å². The van der Waals surface area contributed by atoms with Crippen LogP contribution in [0.4, 0.5) is 4.79 Å². The summed E-state index contributed by atoms with van der Waals surface area (Å²) in [6.07, 6.45) is 1.50. The zero-order valence-corrected chi connectivity index (χ0v) is 12.7. The smallest absolute Gasteiger partial charge is 0.332 e. The Hall–Kier alpha value is -2.34. The highest BCUT2D eigenvalue weighted by atomic mass is 79.9. The lowest BCUT2D eigenvalue weighted by Crippen LogP contribution is -2.24. The molecule has 0 aliphatic carbocycles. The van der Waals surface area contributed by atoms with Gasteiger partial charge in [0.1, 0.15) is 12.4 Å². The Balaban J connectivity index is 1.88. The Morgan fingerprint density at radius 2 is 1.86 bits per heavy atom. The van der Waals surface area contributed by atoms with Gasteiger partial charge in [-0.3, -0.25) is 0 Å². The van der Waals surface area contributed by atoms with Crippen molar-refractivity contribution in [3.63, 3.8) is 0 Å². The second-order valence-electron chi connectivity index (χ2n) is 4.22. The highest BCUT2D eigenvalue weighted by molar-refractivity contribution is 9.10. The van der Waals surface area contributed by atoms with Gasteiger partial charge in [0.2, 0.25) is 0 Å². The van der Waals surface area contributed by atoms with Crippen LogP contribution < -0.4 is 15.9 Å². The molecule has 0 radical (unpaired) electrons. The number of hydrogen-bond acceptors (Lipinski definition) is 3. The molecule has 0 spiro atoms. The number of hydrazone groups is 1. The summed E-state index contributed by atoms with van der Waals surface area (Å²) in [6.45, 7) is 0.504. The summed E-state index contributed by atoms with van der Waals surface area (Å²) < 4.78 is 6.72. The zero-order valence-electron chi connectivity index (χ0n) is 11.1. The fraction of sp³-hybridized carbons (Fsp3) is 0.0667. The highest BCUT2D eigenvalue weighted by Gasteiger charge is 1.97. The third-order valence-electron chi connectivity index (χ3n) is 2.59. The number of rotatable bonds is 5. The Labute approximate surface area is 130 Å². The van der Waals surface area contributed by atoms with Gasteiger partial charge in [-0.25, -0.2) is 10.2 Å². The van der Waals surface area contributed by atoms with E-state index in [-0.39, 0.29) is 0 Å². The van der Waals surface area contributed by atoms with Crippen molar-refractivity contribution in [1.29, 1.82) is 0 Å². The van der Waals surface area contributed by atoms with E-state index in [1.54, 1.807) is 0 Å². The maximum Gasteiger partial charge on any atom is 0.332 e. The monoisotopic (exact) mass is 347 g/mol. The molecule has 0 fully saturated rings. The lowest BCUT2D eigenvalue weighted by Gasteiger charge is -2.06. The van der Waals surface area contributed by atoms with Gasteiger partial charge in [-0.15, -0.1) is 0 Å². The Morgan fingerprint density at radius 1 is 1.19 bits per heavy atom. The maximum atomic E-state index is 10.5. The van der Waals surface area contributed by atoms with E-state index in [0.717, 1.165) is 21.3 Å². The molecule has 0 aliphatic rings. The molecule has 0 saturated carbocycles. The molecule has 2 amide bonds. The van der Waals surface area contributed by atoms with Crippen molar-refractivity contribution >= 4 is 28.2 Å². The van der Waals surface area contributed by atoms with Gasteiger partial charge in [-0.2, -0.15) is 5.10 Å². The molecule has 108 valence electrons. The van der Waals surface area contributed by atoms with E-state index >= 15 is 0 Å². The third-order valence-corrected chi connectivity index (χ3v) is 3.12. The van der Waals surface area contributed by atoms with Crippen LogP contribution >= 0.6 is 15.9 Å². The van der Waals surface area contributed by atoms with E-state index in [0.29, 0.717) is 6.61 Å². The van der Waals surface area contributed by atoms with E-state index in [1.807, 2.05) is 48.5 Å². The molecular formula is C15H14BrN3O2. The predicted molar refractivity (Wildman–Crippen MR) is 85.2 cm³/mol. The van der Waals surface area contributed by atoms with Gasteiger partial charge in [0.15, 0.2) is 0 Å². The van der Waals surface area contributed by atoms with Crippen LogP contribution in [-0.4, -0.2) is 12.2 Å². The van der Waals surface area contributed by atoms with Crippen LogP contribution in [0, 0.1) is 0 Å². The number of amides is 2. The minimum Gasteiger partial charge on any atom is -0.489 e. The van der Waals surface area contributed by atoms with Crippen molar-refractivity contribution in [3.8, 4) is 5.75 Å². The predicted octanol–water partition coefficient (Wildman–Crippen LogP) is 3.03. The summed E-state index contributed by atoms with van der Waals surface area (Å²) in [5.74, 6) is 0.762. The van der Waals surface area contributed by atoms with Crippen LogP contribution in [0.5, 0.6) is 5.75 Å². The van der Waals surface area contributed by atoms with Crippen molar-refractivity contribution in [2.24, 2.45) is 10.8 Å². The van der Waals surface area contributed by atoms with E-state index in [1.165, 1.54) is 6.21 Å². The van der Waals surface area contributed by atoms with Gasteiger partial charge in [0, 0.05) is 4.47 Å². The van der Waals surface area contributed by atoms with Crippen molar-refractivity contribution in [2.75, 3.05) is 0 Å². The first kappa shape index (κ1) is 15.1. The lowest BCUT2D eigenvalue weighted by atomic mass is 10.2. The van der Waals surface area contributed by atoms with Crippen molar-refractivity contribution in [1.82, 2.24) is 5.43 Å². The minimum absolute atomic E-state index is 0.504. The van der Waals surface area contributed by atoms with Crippen molar-refractivity contribution in [2.45, 2.75) is 6.61 Å². The molecule has 2 aromatic rings. The molecule has 0 aromatic heterocycles. The van der Waals surface area contributed by atoms with Gasteiger partial charge < -0.3 is 10.5 Å². The standard InChI is InChI=1S/C15H14BrN3O2/c16-13-5-1-12(2-6-13)10-21-14-7-3-11(4-8-14)9-18-19-15(17)20/h1-9H,10H2,(H3,17,19,20)/b18-9-. The fourth-order valence-electron chi connectivity index (χ4n) is 1.57. The van der Waals surface area contributed by atoms with Gasteiger partial charge >= 0.3 is 6.03 Å². The average Bonchev–Trinajstić information content (AvgIpc) is 2.48. The van der Waals surface area contributed by atoms with Crippen molar-refractivity contribution in [3.05, 3.63) is 64.1 Å². The topological polar surface area (TPSA) is 76.7 Å². The second kappa shape index (κ2) is 7.44. The molecule has 2 rings (SSSR count). The molecular weight excluding hydrogens is 334 g/mol. The van der Waals surface area contributed by atoms with Crippen LogP contribution in [0.1, 0.15) is 11.1 Å². The molecule has 0 unspecified atom stereocenters. The second-order valence-corrected chi connectivity index (χ2v) is 5.13. The molecule has 0 saturated heterocycles. The number of nitrogens with one attached hydrogen (secondary N) is 1. The zero-order chi connectivity index (χ0) is 15.1. The highest BCUT2D eigenvalue weighted by Crippen LogP contribution is 2.15. The summed E-state index contributed by atoms with van der Waals surface area (Å²) in [7, 11) is 0. The minimum atomic E-state index is -0.694. The molecule has 2 aromatic carbocycles. The van der Waals surface area contributed by atoms with Crippen LogP contribution in [0.3, 0.4) is 0 Å². The number of nitrogens with two attached hydrogens (primary N) is 1. The summed E-state index contributed by atoms with van der Waals surface area (Å²) in [6, 6.07) is 14.6. The quantitative estimate of drug-likeness (QED) is 0.644. The summed E-state index contributed by atoms with van der Waals surface area (Å²) in [5.41, 5.74) is 8.96. The molecule has 5 nitrogen and oxygen atoms in total. The molecule has 0 bridgehead atoms. The van der Waals surface area contributed by atoms with Gasteiger partial charge in [0.25, 0.3) is 0 Å². The van der Waals surface area contributed by atoms with E-state index in [4.69, 9.17) is 10.5 Å². The SMILES string of the molecule is NC(=O)N/N=C\c1ccc(OCc2ccc(Br)cc2)cc1. The summed E-state index contributed by atoms with van der Waals surface area (Å²) in [5, 5.41) is 3.68. The maximum absolute atomic E-state index is 10.5. The molecule has 0 atom stereocenters. The number of carbonyl (C=O) groups is 1. The number of urea groups is 1. The number of hydrogen-bond donors (Lipinski definition) is 2. The van der Waals surface area contributed by atoms with Crippen LogP contribution in [0.15, 0.2) is 58.1 Å². The van der Waals surface area contributed by atoms with Crippen LogP contribution in [0.2, 0.25) is 0 Å². The van der Waals surface area contributed by atoms with Crippen LogP contribution in [0.25, 0.3) is 0 Å². The summed E-state index contributed by atoms with van der Waals surface area (Å²) >= 11 is 3.39. The number of nitrogens with zero attached hydrogens (tertiary/aromatic N) is 1. The first-order valence-corrected chi connectivity index (χ1v) is 6.98. The van der Waals surface area contributed by atoms with E-state index in [9.17, 15) is 4.79 Å². The van der Waals surface area contributed by atoms with Gasteiger partial charge in [-0.1, -0.05) is 28.1 Å². The third kappa shape index (κ3) is 5.27. The molecule has 6 heteroatoms. The number of halogens is 1. The largest absolute Gasteiger partial charge is 0.489 e. The Bertz CT molecular complexity index is 624. The lowest BCUT2D eigenvalue weighted by molar-refractivity contribution is 0.249. The number of carbonyl (C=O) groups excluding carboxylic acids is 1. The number of primary amides is 1. The molecule has 0 heterocycles. The molecule has 21 heavy (non-hydrogen) atoms. The Kier molecular flexibility index (Phi) is 5.34. The summed E-state index contributed by atoms with van der Waals surface area (Å²) in [4.78, 5) is 10.5. The van der Waals surface area contributed by atoms with Gasteiger partial charge in [0.05, 0.1) is 6.21 Å². The van der Waals surface area contributed by atoms with Gasteiger partial charge in [-0.05, 0) is 47.5 Å². The number of benzene rings is 2. The molecule has 0 aliphatic heterocycles.